The van der Waals surface area contributed by atoms with Crippen molar-refractivity contribution in [2.45, 2.75) is 25.5 Å². The van der Waals surface area contributed by atoms with Gasteiger partial charge in [-0.1, -0.05) is 43.3 Å². The van der Waals surface area contributed by atoms with Gasteiger partial charge in [0.2, 0.25) is 5.72 Å². The molecule has 4 heteroatoms. The van der Waals surface area contributed by atoms with Crippen LogP contribution in [-0.4, -0.2) is 11.1 Å². The van der Waals surface area contributed by atoms with Gasteiger partial charge in [-0.2, -0.15) is 0 Å². The minimum absolute atomic E-state index is 0.00109. The molecule has 2 N–H and O–H groups in total. The first-order chi connectivity index (χ1) is 10.1. The maximum Gasteiger partial charge on any atom is 0.307 e. The number of carboxylic acids is 1. The highest BCUT2D eigenvalue weighted by Crippen LogP contribution is 2.43. The molecule has 0 saturated carbocycles. The molecule has 2 aromatic rings. The molecule has 0 bridgehead atoms. The average molecular weight is 283 g/mol. The van der Waals surface area contributed by atoms with Gasteiger partial charge in [-0.05, 0) is 17.7 Å². The molecule has 2 aromatic carbocycles. The Morgan fingerprint density at radius 2 is 2.00 bits per heavy atom. The number of aliphatic carboxylic acids is 1. The van der Waals surface area contributed by atoms with Crippen molar-refractivity contribution in [3.8, 4) is 5.75 Å². The Labute approximate surface area is 123 Å². The normalized spacial score (nSPS) is 19.5. The van der Waals surface area contributed by atoms with Gasteiger partial charge in [0.25, 0.3) is 0 Å². The van der Waals surface area contributed by atoms with Crippen molar-refractivity contribution in [2.75, 3.05) is 5.32 Å². The van der Waals surface area contributed by atoms with Crippen molar-refractivity contribution in [3.63, 3.8) is 0 Å². The number of rotatable bonds is 4. The predicted octanol–water partition coefficient (Wildman–Crippen LogP) is 3.38. The van der Waals surface area contributed by atoms with E-state index in [1.807, 2.05) is 42.5 Å². The number of benzene rings is 2. The van der Waals surface area contributed by atoms with Gasteiger partial charge in [0, 0.05) is 12.0 Å². The van der Waals surface area contributed by atoms with Crippen molar-refractivity contribution in [1.29, 1.82) is 0 Å². The Kier molecular flexibility index (Phi) is 3.29. The van der Waals surface area contributed by atoms with Gasteiger partial charge in [0.15, 0.2) is 0 Å². The quantitative estimate of drug-likeness (QED) is 0.903. The minimum atomic E-state index is -0.842. The van der Waals surface area contributed by atoms with Crippen molar-refractivity contribution < 1.29 is 14.6 Å². The van der Waals surface area contributed by atoms with E-state index in [0.717, 1.165) is 23.2 Å². The molecule has 0 amide bonds. The van der Waals surface area contributed by atoms with Crippen molar-refractivity contribution in [3.05, 3.63) is 59.7 Å². The number of anilines is 1. The summed E-state index contributed by atoms with van der Waals surface area (Å²) in [6.45, 7) is 2.06. The van der Waals surface area contributed by atoms with Crippen LogP contribution in [0.4, 0.5) is 5.69 Å². The van der Waals surface area contributed by atoms with Crippen LogP contribution in [-0.2, 0) is 16.9 Å². The van der Waals surface area contributed by atoms with Gasteiger partial charge in [-0.3, -0.25) is 4.79 Å². The lowest BCUT2D eigenvalue weighted by Gasteiger charge is -2.28. The summed E-state index contributed by atoms with van der Waals surface area (Å²) in [4.78, 5) is 10.8. The Morgan fingerprint density at radius 1 is 1.24 bits per heavy atom. The molecule has 0 fully saturated rings. The van der Waals surface area contributed by atoms with Crippen LogP contribution < -0.4 is 10.1 Å². The van der Waals surface area contributed by atoms with E-state index in [1.54, 1.807) is 6.07 Å². The van der Waals surface area contributed by atoms with E-state index in [0.29, 0.717) is 5.75 Å². The average Bonchev–Trinajstić information content (AvgIpc) is 2.87. The topological polar surface area (TPSA) is 58.6 Å². The first kappa shape index (κ1) is 13.5. The smallest absolute Gasteiger partial charge is 0.307 e. The minimum Gasteiger partial charge on any atom is -0.481 e. The SMILES string of the molecule is CCC1(c2ccccc2)Nc2ccc(CC(=O)O)cc2O1. The molecule has 4 nitrogen and oxygen atoms in total. The Bertz CT molecular complexity index is 669. The highest BCUT2D eigenvalue weighted by Gasteiger charge is 2.38. The van der Waals surface area contributed by atoms with Crippen LogP contribution in [0.5, 0.6) is 5.75 Å². The highest BCUT2D eigenvalue weighted by atomic mass is 16.5. The molecule has 1 heterocycles. The third-order valence-corrected chi connectivity index (χ3v) is 3.76. The molecular formula is C17H17NO3. The zero-order chi connectivity index (χ0) is 14.9. The van der Waals surface area contributed by atoms with E-state index >= 15 is 0 Å². The van der Waals surface area contributed by atoms with Gasteiger partial charge in [0.1, 0.15) is 5.75 Å². The Hall–Kier alpha value is -2.49. The molecule has 108 valence electrons. The second-order valence-electron chi connectivity index (χ2n) is 5.17. The molecule has 1 aliphatic heterocycles. The number of carbonyl (C=O) groups is 1. The lowest BCUT2D eigenvalue weighted by atomic mass is 10.0. The highest BCUT2D eigenvalue weighted by molar-refractivity contribution is 5.72. The number of hydrogen-bond acceptors (Lipinski definition) is 3. The number of ether oxygens (including phenoxy) is 1. The van der Waals surface area contributed by atoms with E-state index in [4.69, 9.17) is 9.84 Å². The molecule has 1 unspecified atom stereocenters. The van der Waals surface area contributed by atoms with Crippen LogP contribution in [0.15, 0.2) is 48.5 Å². The van der Waals surface area contributed by atoms with Gasteiger partial charge in [-0.25, -0.2) is 0 Å². The lowest BCUT2D eigenvalue weighted by molar-refractivity contribution is -0.136. The largest absolute Gasteiger partial charge is 0.481 e. The summed E-state index contributed by atoms with van der Waals surface area (Å²) < 4.78 is 6.15. The molecule has 0 aliphatic carbocycles. The Morgan fingerprint density at radius 3 is 2.67 bits per heavy atom. The lowest BCUT2D eigenvalue weighted by Crippen LogP contribution is -2.36. The van der Waals surface area contributed by atoms with Gasteiger partial charge < -0.3 is 15.2 Å². The predicted molar refractivity (Wildman–Crippen MR) is 80.4 cm³/mol. The zero-order valence-corrected chi connectivity index (χ0v) is 11.8. The third-order valence-electron chi connectivity index (χ3n) is 3.76. The zero-order valence-electron chi connectivity index (χ0n) is 11.8. The molecule has 3 rings (SSSR count). The van der Waals surface area contributed by atoms with E-state index in [9.17, 15) is 4.79 Å². The second kappa shape index (κ2) is 5.13. The molecule has 0 aromatic heterocycles. The van der Waals surface area contributed by atoms with Gasteiger partial charge in [-0.15, -0.1) is 0 Å². The van der Waals surface area contributed by atoms with Crippen molar-refractivity contribution in [1.82, 2.24) is 0 Å². The molecule has 0 radical (unpaired) electrons. The summed E-state index contributed by atoms with van der Waals surface area (Å²) in [5, 5.41) is 12.3. The number of nitrogens with one attached hydrogen (secondary N) is 1. The third kappa shape index (κ3) is 2.44. The summed E-state index contributed by atoms with van der Waals surface area (Å²) in [5.74, 6) is -0.134. The second-order valence-corrected chi connectivity index (χ2v) is 5.17. The number of fused-ring (bicyclic) bond motifs is 1. The molecule has 0 spiro atoms. The standard InChI is InChI=1S/C17H17NO3/c1-2-17(13-6-4-3-5-7-13)18-14-9-8-12(11-16(19)20)10-15(14)21-17/h3-10,18H,2,11H2,1H3,(H,19,20). The van der Waals surface area contributed by atoms with E-state index in [1.165, 1.54) is 0 Å². The fourth-order valence-corrected chi connectivity index (χ4v) is 2.67. The van der Waals surface area contributed by atoms with E-state index in [-0.39, 0.29) is 6.42 Å². The fourth-order valence-electron chi connectivity index (χ4n) is 2.67. The van der Waals surface area contributed by atoms with Crippen molar-refractivity contribution in [2.24, 2.45) is 0 Å². The number of carboxylic acid groups (broad SMARTS) is 1. The first-order valence-corrected chi connectivity index (χ1v) is 7.00. The Balaban J connectivity index is 1.94. The molecule has 1 aliphatic rings. The molecular weight excluding hydrogens is 266 g/mol. The summed E-state index contributed by atoms with van der Waals surface area (Å²) in [6, 6.07) is 15.5. The van der Waals surface area contributed by atoms with Crippen LogP contribution in [0.3, 0.4) is 0 Å². The van der Waals surface area contributed by atoms with Gasteiger partial charge >= 0.3 is 5.97 Å². The maximum absolute atomic E-state index is 10.8. The summed E-state index contributed by atoms with van der Waals surface area (Å²) in [6.07, 6.45) is 0.765. The molecule has 21 heavy (non-hydrogen) atoms. The van der Waals surface area contributed by atoms with Crippen LogP contribution in [0, 0.1) is 0 Å². The summed E-state index contributed by atoms with van der Waals surface area (Å²) >= 11 is 0. The monoisotopic (exact) mass is 283 g/mol. The van der Waals surface area contributed by atoms with Crippen LogP contribution in [0.1, 0.15) is 24.5 Å². The van der Waals surface area contributed by atoms with Gasteiger partial charge in [0.05, 0.1) is 12.1 Å². The summed E-state index contributed by atoms with van der Waals surface area (Å²) in [7, 11) is 0. The van der Waals surface area contributed by atoms with E-state index < -0.39 is 11.7 Å². The maximum atomic E-state index is 10.8. The molecule has 0 saturated heterocycles. The van der Waals surface area contributed by atoms with Crippen molar-refractivity contribution >= 4 is 11.7 Å². The fraction of sp³-hybridized carbons (Fsp3) is 0.235. The van der Waals surface area contributed by atoms with Crippen LogP contribution >= 0.6 is 0 Å². The van der Waals surface area contributed by atoms with Crippen LogP contribution in [0.2, 0.25) is 0 Å². The number of hydrogen-bond donors (Lipinski definition) is 2. The van der Waals surface area contributed by atoms with E-state index in [2.05, 4.69) is 12.2 Å². The summed E-state index contributed by atoms with van der Waals surface area (Å²) in [5.41, 5.74) is 2.12. The van der Waals surface area contributed by atoms with Crippen LogP contribution in [0.25, 0.3) is 0 Å². The molecule has 1 atom stereocenters. The first-order valence-electron chi connectivity index (χ1n) is 7.00.